The molecule has 4 amide bonds. The Morgan fingerprint density at radius 3 is 2.29 bits per heavy atom. The molecule has 1 aromatic heterocycles. The lowest BCUT2D eigenvalue weighted by molar-refractivity contribution is -0.143. The van der Waals surface area contributed by atoms with Gasteiger partial charge in [-0.25, -0.2) is 9.69 Å². The van der Waals surface area contributed by atoms with E-state index >= 15 is 0 Å². The van der Waals surface area contributed by atoms with Gasteiger partial charge >= 0.3 is 17.8 Å². The van der Waals surface area contributed by atoms with E-state index in [1.165, 1.54) is 11.3 Å². The molecule has 112 valence electrons. The van der Waals surface area contributed by atoms with Gasteiger partial charge in [0.05, 0.1) is 11.4 Å². The summed E-state index contributed by atoms with van der Waals surface area (Å²) < 4.78 is 0. The number of rotatable bonds is 5. The Kier molecular flexibility index (Phi) is 4.22. The largest absolute Gasteiger partial charge is 0.334 e. The zero-order valence-electron chi connectivity index (χ0n) is 12.1. The molecule has 1 fully saturated rings. The van der Waals surface area contributed by atoms with Gasteiger partial charge in [-0.3, -0.25) is 19.3 Å². The van der Waals surface area contributed by atoms with E-state index in [4.69, 9.17) is 0 Å². The number of hydrogen-bond acceptors (Lipinski definition) is 5. The van der Waals surface area contributed by atoms with E-state index in [9.17, 15) is 19.2 Å². The molecule has 0 atom stereocenters. The van der Waals surface area contributed by atoms with E-state index in [2.05, 4.69) is 0 Å². The number of Topliss-reactive ketones (excluding diaryl/α,β-unsaturated/α-hetero) is 1. The Hall–Kier alpha value is -2.02. The van der Waals surface area contributed by atoms with Crippen LogP contribution in [-0.2, 0) is 9.59 Å². The molecule has 6 nitrogen and oxygen atoms in total. The fourth-order valence-electron chi connectivity index (χ4n) is 2.02. The zero-order chi connectivity index (χ0) is 15.7. The molecular weight excluding hydrogens is 292 g/mol. The Morgan fingerprint density at radius 2 is 1.76 bits per heavy atom. The third-order valence-corrected chi connectivity index (χ3v) is 4.04. The molecule has 0 unspecified atom stereocenters. The van der Waals surface area contributed by atoms with Gasteiger partial charge in [0.1, 0.15) is 0 Å². The molecule has 0 aliphatic carbocycles. The van der Waals surface area contributed by atoms with E-state index in [-0.39, 0.29) is 18.2 Å². The topological polar surface area (TPSA) is 74.8 Å². The molecular formula is C14H16N2O4S. The van der Waals surface area contributed by atoms with Gasteiger partial charge in [-0.1, -0.05) is 13.8 Å². The molecule has 1 aliphatic rings. The molecule has 0 radical (unpaired) electrons. The lowest BCUT2D eigenvalue weighted by Crippen LogP contribution is -2.38. The van der Waals surface area contributed by atoms with Gasteiger partial charge in [-0.2, -0.15) is 0 Å². The highest BCUT2D eigenvalue weighted by Gasteiger charge is 2.45. The average Bonchev–Trinajstić information content (AvgIpc) is 2.92. The molecule has 2 heterocycles. The van der Waals surface area contributed by atoms with Crippen molar-refractivity contribution in [2.45, 2.75) is 20.8 Å². The minimum atomic E-state index is -0.928. The van der Waals surface area contributed by atoms with Gasteiger partial charge in [-0.15, -0.1) is 11.3 Å². The van der Waals surface area contributed by atoms with Crippen LogP contribution in [-0.4, -0.2) is 46.5 Å². The number of ketones is 1. The summed E-state index contributed by atoms with van der Waals surface area (Å²) in [6, 6.07) is 2.74. The van der Waals surface area contributed by atoms with Crippen molar-refractivity contribution in [3.63, 3.8) is 0 Å². The maximum atomic E-state index is 12.1. The number of imide groups is 2. The lowest BCUT2D eigenvalue weighted by atomic mass is 10.2. The van der Waals surface area contributed by atoms with Crippen molar-refractivity contribution in [2.24, 2.45) is 5.92 Å². The monoisotopic (exact) mass is 308 g/mol. The van der Waals surface area contributed by atoms with Gasteiger partial charge in [0.2, 0.25) is 0 Å². The number of carbonyl (C=O) groups excluding carboxylic acids is 4. The third-order valence-electron chi connectivity index (χ3n) is 3.00. The van der Waals surface area contributed by atoms with Gasteiger partial charge in [0.15, 0.2) is 5.78 Å². The van der Waals surface area contributed by atoms with Crippen LogP contribution in [0.3, 0.4) is 0 Å². The van der Waals surface area contributed by atoms with Crippen molar-refractivity contribution >= 4 is 35.0 Å². The van der Waals surface area contributed by atoms with Crippen molar-refractivity contribution in [1.29, 1.82) is 0 Å². The second kappa shape index (κ2) is 5.77. The number of urea groups is 1. The minimum absolute atomic E-state index is 0.0568. The minimum Gasteiger partial charge on any atom is -0.291 e. The molecule has 1 aromatic rings. The molecule has 21 heavy (non-hydrogen) atoms. The summed E-state index contributed by atoms with van der Waals surface area (Å²) in [7, 11) is 0. The van der Waals surface area contributed by atoms with E-state index < -0.39 is 24.4 Å². The Balaban J connectivity index is 2.13. The van der Waals surface area contributed by atoms with Crippen LogP contribution in [0.2, 0.25) is 0 Å². The summed E-state index contributed by atoms with van der Waals surface area (Å²) in [5.74, 6) is -2.07. The van der Waals surface area contributed by atoms with Crippen LogP contribution in [0.4, 0.5) is 4.79 Å². The first-order valence-electron chi connectivity index (χ1n) is 6.58. The zero-order valence-corrected chi connectivity index (χ0v) is 12.9. The number of nitrogens with zero attached hydrogens (tertiary/aromatic N) is 2. The third kappa shape index (κ3) is 3.02. The van der Waals surface area contributed by atoms with Gasteiger partial charge < -0.3 is 0 Å². The Labute approximate surface area is 126 Å². The summed E-state index contributed by atoms with van der Waals surface area (Å²) in [4.78, 5) is 50.9. The van der Waals surface area contributed by atoms with Crippen LogP contribution >= 0.6 is 11.3 Å². The molecule has 1 aliphatic heterocycles. The predicted molar refractivity (Wildman–Crippen MR) is 77.0 cm³/mol. The first-order chi connectivity index (χ1) is 9.81. The fourth-order valence-corrected chi connectivity index (χ4v) is 2.82. The van der Waals surface area contributed by atoms with E-state index in [1.807, 2.05) is 20.8 Å². The number of aryl methyl sites for hydroxylation is 1. The van der Waals surface area contributed by atoms with Gasteiger partial charge in [0.25, 0.3) is 0 Å². The van der Waals surface area contributed by atoms with E-state index in [0.29, 0.717) is 4.88 Å². The van der Waals surface area contributed by atoms with Crippen molar-refractivity contribution < 1.29 is 19.2 Å². The molecule has 0 spiro atoms. The summed E-state index contributed by atoms with van der Waals surface area (Å²) in [6.45, 7) is 5.33. The quantitative estimate of drug-likeness (QED) is 0.471. The van der Waals surface area contributed by atoms with Crippen LogP contribution in [0.15, 0.2) is 12.1 Å². The highest BCUT2D eigenvalue weighted by atomic mass is 32.1. The van der Waals surface area contributed by atoms with Gasteiger partial charge in [-0.05, 0) is 25.0 Å². The SMILES string of the molecule is Cc1ccc(C(=O)CN2C(=O)C(=O)N(CC(C)C)C2=O)s1. The summed E-state index contributed by atoms with van der Waals surface area (Å²) in [5.41, 5.74) is 0. The molecule has 0 bridgehead atoms. The first kappa shape index (κ1) is 15.4. The van der Waals surface area contributed by atoms with Crippen molar-refractivity contribution in [1.82, 2.24) is 9.80 Å². The Bertz CT molecular complexity index is 620. The fraction of sp³-hybridized carbons (Fsp3) is 0.429. The van der Waals surface area contributed by atoms with Crippen LogP contribution < -0.4 is 0 Å². The van der Waals surface area contributed by atoms with Crippen molar-refractivity contribution in [3.8, 4) is 0 Å². The Morgan fingerprint density at radius 1 is 1.14 bits per heavy atom. The second-order valence-corrected chi connectivity index (χ2v) is 6.60. The first-order valence-corrected chi connectivity index (χ1v) is 7.40. The van der Waals surface area contributed by atoms with Crippen LogP contribution in [0.25, 0.3) is 0 Å². The summed E-state index contributed by atoms with van der Waals surface area (Å²) >= 11 is 1.30. The number of thiophene rings is 1. The maximum Gasteiger partial charge on any atom is 0.334 e. The number of hydrogen-bond donors (Lipinski definition) is 0. The highest BCUT2D eigenvalue weighted by molar-refractivity contribution is 7.14. The molecule has 0 saturated carbocycles. The number of carbonyl (C=O) groups is 4. The summed E-state index contributed by atoms with van der Waals surface area (Å²) in [5, 5.41) is 0. The second-order valence-electron chi connectivity index (χ2n) is 5.32. The molecule has 2 rings (SSSR count). The lowest BCUT2D eigenvalue weighted by Gasteiger charge is -2.16. The van der Waals surface area contributed by atoms with E-state index in [1.54, 1.807) is 12.1 Å². The molecule has 0 aromatic carbocycles. The summed E-state index contributed by atoms with van der Waals surface area (Å²) in [6.07, 6.45) is 0. The maximum absolute atomic E-state index is 12.1. The van der Waals surface area contributed by atoms with E-state index in [0.717, 1.165) is 14.7 Å². The number of amides is 4. The van der Waals surface area contributed by atoms with Crippen LogP contribution in [0, 0.1) is 12.8 Å². The molecule has 1 saturated heterocycles. The smallest absolute Gasteiger partial charge is 0.291 e. The molecule has 7 heteroatoms. The van der Waals surface area contributed by atoms with Crippen LogP contribution in [0.5, 0.6) is 0 Å². The average molecular weight is 308 g/mol. The predicted octanol–water partition coefficient (Wildman–Crippen LogP) is 1.69. The van der Waals surface area contributed by atoms with Crippen LogP contribution in [0.1, 0.15) is 28.4 Å². The molecule has 0 N–H and O–H groups in total. The van der Waals surface area contributed by atoms with Crippen molar-refractivity contribution in [2.75, 3.05) is 13.1 Å². The normalized spacial score (nSPS) is 15.5. The standard InChI is InChI=1S/C14H16N2O4S/c1-8(2)6-15-12(18)13(19)16(14(15)20)7-10(17)11-5-4-9(3)21-11/h4-5,8H,6-7H2,1-3H3. The van der Waals surface area contributed by atoms with Crippen molar-refractivity contribution in [3.05, 3.63) is 21.9 Å². The highest BCUT2D eigenvalue weighted by Crippen LogP contribution is 2.19. The van der Waals surface area contributed by atoms with Gasteiger partial charge in [0, 0.05) is 11.4 Å².